The molecule has 26 heavy (non-hydrogen) atoms. The molecule has 0 fully saturated rings. The van der Waals surface area contributed by atoms with Gasteiger partial charge in [-0.25, -0.2) is 0 Å². The van der Waals surface area contributed by atoms with Crippen molar-refractivity contribution in [2.24, 2.45) is 0 Å². The van der Waals surface area contributed by atoms with Gasteiger partial charge in [0, 0.05) is 18.4 Å². The van der Waals surface area contributed by atoms with Gasteiger partial charge >= 0.3 is 11.8 Å². The molecule has 6 nitrogen and oxygen atoms in total. The summed E-state index contributed by atoms with van der Waals surface area (Å²) < 4.78 is 5.70. The van der Waals surface area contributed by atoms with Crippen LogP contribution in [0.1, 0.15) is 17.7 Å². The van der Waals surface area contributed by atoms with Gasteiger partial charge in [-0.2, -0.15) is 5.26 Å². The Morgan fingerprint density at radius 1 is 1.04 bits per heavy atom. The van der Waals surface area contributed by atoms with Crippen LogP contribution in [-0.4, -0.2) is 18.4 Å². The minimum absolute atomic E-state index is 0.304. The Morgan fingerprint density at radius 2 is 1.81 bits per heavy atom. The lowest BCUT2D eigenvalue weighted by molar-refractivity contribution is -0.136. The van der Waals surface area contributed by atoms with Gasteiger partial charge in [-0.3, -0.25) is 9.59 Å². The third kappa shape index (κ3) is 4.08. The zero-order valence-electron chi connectivity index (χ0n) is 14.0. The molecule has 1 heterocycles. The second-order valence-corrected chi connectivity index (χ2v) is 5.72. The Labute approximate surface area is 150 Å². The average molecular weight is 347 g/mol. The largest absolute Gasteiger partial charge is 0.461 e. The maximum Gasteiger partial charge on any atom is 0.313 e. The standard InChI is InChI=1S/C20H17N3O3/c21-13-15-7-1-3-9-17(15)23-20(25)19(24)22-11-5-8-16-12-14-6-2-4-10-18(14)26-16/h1-4,6-7,9-10,12H,5,8,11H2,(H,22,24)(H,23,25). The summed E-state index contributed by atoms with van der Waals surface area (Å²) >= 11 is 0. The van der Waals surface area contributed by atoms with Crippen molar-refractivity contribution < 1.29 is 14.0 Å². The minimum Gasteiger partial charge on any atom is -0.461 e. The number of amides is 2. The SMILES string of the molecule is N#Cc1ccccc1NC(=O)C(=O)NCCCc1cc2ccccc2o1. The van der Waals surface area contributed by atoms with Gasteiger partial charge in [0.15, 0.2) is 0 Å². The molecule has 0 aliphatic heterocycles. The quantitative estimate of drug-likeness (QED) is 0.548. The first-order valence-electron chi connectivity index (χ1n) is 8.23. The van der Waals surface area contributed by atoms with Gasteiger partial charge in [-0.15, -0.1) is 0 Å². The normalized spacial score (nSPS) is 10.3. The lowest BCUT2D eigenvalue weighted by atomic mass is 10.2. The van der Waals surface area contributed by atoms with Gasteiger partial charge in [0.2, 0.25) is 0 Å². The summed E-state index contributed by atoms with van der Waals surface area (Å²) in [6.45, 7) is 0.350. The van der Waals surface area contributed by atoms with Crippen molar-refractivity contribution in [2.75, 3.05) is 11.9 Å². The van der Waals surface area contributed by atoms with Crippen molar-refractivity contribution in [3.05, 3.63) is 65.9 Å². The van der Waals surface area contributed by atoms with E-state index in [1.807, 2.05) is 36.4 Å². The van der Waals surface area contributed by atoms with E-state index in [-0.39, 0.29) is 0 Å². The van der Waals surface area contributed by atoms with Crippen molar-refractivity contribution in [3.8, 4) is 6.07 Å². The molecule has 0 radical (unpaired) electrons. The molecule has 0 bridgehead atoms. The molecule has 0 aliphatic carbocycles. The van der Waals surface area contributed by atoms with Crippen molar-refractivity contribution in [1.82, 2.24) is 5.32 Å². The molecule has 1 aromatic heterocycles. The number of hydrogen-bond acceptors (Lipinski definition) is 4. The summed E-state index contributed by atoms with van der Waals surface area (Å²) in [5, 5.41) is 15.1. The number of para-hydroxylation sites is 2. The maximum atomic E-state index is 11.9. The summed E-state index contributed by atoms with van der Waals surface area (Å²) in [6.07, 6.45) is 1.31. The molecule has 6 heteroatoms. The Balaban J connectivity index is 1.46. The fraction of sp³-hybridized carbons (Fsp3) is 0.150. The first kappa shape index (κ1) is 17.2. The van der Waals surface area contributed by atoms with Gasteiger partial charge in [0.25, 0.3) is 0 Å². The molecule has 0 unspecified atom stereocenters. The van der Waals surface area contributed by atoms with Gasteiger partial charge in [0.1, 0.15) is 17.4 Å². The molecule has 0 saturated carbocycles. The van der Waals surface area contributed by atoms with Crippen LogP contribution in [0.15, 0.2) is 59.0 Å². The monoisotopic (exact) mass is 347 g/mol. The number of nitrogens with zero attached hydrogens (tertiary/aromatic N) is 1. The van der Waals surface area contributed by atoms with Crippen LogP contribution in [0.4, 0.5) is 5.69 Å². The van der Waals surface area contributed by atoms with Crippen LogP contribution in [-0.2, 0) is 16.0 Å². The van der Waals surface area contributed by atoms with E-state index < -0.39 is 11.8 Å². The molecule has 3 rings (SSSR count). The van der Waals surface area contributed by atoms with Crippen LogP contribution in [0.3, 0.4) is 0 Å². The topological polar surface area (TPSA) is 95.1 Å². The van der Waals surface area contributed by atoms with E-state index in [1.165, 1.54) is 0 Å². The van der Waals surface area contributed by atoms with Crippen molar-refractivity contribution in [3.63, 3.8) is 0 Å². The molecule has 2 N–H and O–H groups in total. The Hall–Kier alpha value is -3.59. The predicted octanol–water partition coefficient (Wildman–Crippen LogP) is 2.99. The smallest absolute Gasteiger partial charge is 0.313 e. The van der Waals surface area contributed by atoms with E-state index in [1.54, 1.807) is 24.3 Å². The summed E-state index contributed by atoms with van der Waals surface area (Å²) in [5.41, 5.74) is 1.46. The number of carbonyl (C=O) groups excluding carboxylic acids is 2. The molecule has 0 aliphatic rings. The molecule has 3 aromatic rings. The molecule has 130 valence electrons. The maximum absolute atomic E-state index is 11.9. The summed E-state index contributed by atoms with van der Waals surface area (Å²) in [7, 11) is 0. The number of aryl methyl sites for hydroxylation is 1. The molecule has 0 saturated heterocycles. The molecular weight excluding hydrogens is 330 g/mol. The first-order valence-corrected chi connectivity index (χ1v) is 8.23. The minimum atomic E-state index is -0.795. The van der Waals surface area contributed by atoms with Gasteiger partial charge in [-0.1, -0.05) is 30.3 Å². The third-order valence-electron chi connectivity index (χ3n) is 3.86. The average Bonchev–Trinajstić information content (AvgIpc) is 3.08. The fourth-order valence-electron chi connectivity index (χ4n) is 2.57. The van der Waals surface area contributed by atoms with Crippen molar-refractivity contribution >= 4 is 28.5 Å². The van der Waals surface area contributed by atoms with Crippen LogP contribution in [0.5, 0.6) is 0 Å². The predicted molar refractivity (Wildman–Crippen MR) is 97.3 cm³/mol. The van der Waals surface area contributed by atoms with E-state index in [4.69, 9.17) is 9.68 Å². The fourth-order valence-corrected chi connectivity index (χ4v) is 2.57. The lowest BCUT2D eigenvalue weighted by Crippen LogP contribution is -2.36. The molecule has 2 amide bonds. The Kier molecular flexibility index (Phi) is 5.30. The van der Waals surface area contributed by atoms with E-state index in [0.717, 1.165) is 16.7 Å². The summed E-state index contributed by atoms with van der Waals surface area (Å²) in [4.78, 5) is 23.8. The Bertz CT molecular complexity index is 952. The number of fused-ring (bicyclic) bond motifs is 1. The Morgan fingerprint density at radius 3 is 2.62 bits per heavy atom. The van der Waals surface area contributed by atoms with Crippen LogP contribution < -0.4 is 10.6 Å². The third-order valence-corrected chi connectivity index (χ3v) is 3.86. The van der Waals surface area contributed by atoms with Crippen LogP contribution >= 0.6 is 0 Å². The number of nitriles is 1. The molecule has 2 aromatic carbocycles. The van der Waals surface area contributed by atoms with Gasteiger partial charge < -0.3 is 15.1 Å². The number of benzene rings is 2. The molecular formula is C20H17N3O3. The van der Waals surface area contributed by atoms with Gasteiger partial charge in [0.05, 0.1) is 11.3 Å². The highest BCUT2D eigenvalue weighted by Crippen LogP contribution is 2.19. The first-order chi connectivity index (χ1) is 12.7. The van der Waals surface area contributed by atoms with Crippen molar-refractivity contribution in [2.45, 2.75) is 12.8 Å². The molecule has 0 atom stereocenters. The number of carbonyl (C=O) groups is 2. The van der Waals surface area contributed by atoms with Crippen molar-refractivity contribution in [1.29, 1.82) is 5.26 Å². The van der Waals surface area contributed by atoms with Crippen LogP contribution in [0.2, 0.25) is 0 Å². The number of nitrogens with one attached hydrogen (secondary N) is 2. The van der Waals surface area contributed by atoms with Gasteiger partial charge in [-0.05, 0) is 30.7 Å². The highest BCUT2D eigenvalue weighted by atomic mass is 16.3. The second-order valence-electron chi connectivity index (χ2n) is 5.72. The van der Waals surface area contributed by atoms with E-state index in [0.29, 0.717) is 30.6 Å². The highest BCUT2D eigenvalue weighted by Gasteiger charge is 2.14. The van der Waals surface area contributed by atoms with Crippen LogP contribution in [0.25, 0.3) is 11.0 Å². The number of rotatable bonds is 5. The second kappa shape index (κ2) is 7.99. The number of hydrogen-bond donors (Lipinski definition) is 2. The summed E-state index contributed by atoms with van der Waals surface area (Å²) in [6, 6.07) is 18.2. The zero-order valence-corrected chi connectivity index (χ0v) is 14.0. The highest BCUT2D eigenvalue weighted by molar-refractivity contribution is 6.39. The summed E-state index contributed by atoms with van der Waals surface area (Å²) in [5.74, 6) is -0.688. The number of furan rings is 1. The zero-order chi connectivity index (χ0) is 18.4. The lowest BCUT2D eigenvalue weighted by Gasteiger charge is -2.07. The van der Waals surface area contributed by atoms with E-state index in [2.05, 4.69) is 10.6 Å². The molecule has 0 spiro atoms. The van der Waals surface area contributed by atoms with E-state index >= 15 is 0 Å². The number of anilines is 1. The van der Waals surface area contributed by atoms with E-state index in [9.17, 15) is 9.59 Å². The van der Waals surface area contributed by atoms with Crippen LogP contribution in [0, 0.1) is 11.3 Å².